The highest BCUT2D eigenvalue weighted by Gasteiger charge is 2.25. The minimum atomic E-state index is -0.647. The Morgan fingerprint density at radius 1 is 1.04 bits per heavy atom. The molecule has 0 unspecified atom stereocenters. The lowest BCUT2D eigenvalue weighted by atomic mass is 10.1. The summed E-state index contributed by atoms with van der Waals surface area (Å²) in [7, 11) is 3.03. The quantitative estimate of drug-likeness (QED) is 0.577. The number of nitro groups is 1. The predicted octanol–water partition coefficient (Wildman–Crippen LogP) is 2.71. The number of anilines is 1. The van der Waals surface area contributed by atoms with Gasteiger partial charge in [0.05, 0.1) is 30.9 Å². The fraction of sp³-hybridized carbons (Fsp3) is 0.316. The van der Waals surface area contributed by atoms with Crippen molar-refractivity contribution in [3.8, 4) is 11.5 Å². The molecule has 148 valence electrons. The molecule has 9 heteroatoms. The highest BCUT2D eigenvalue weighted by molar-refractivity contribution is 5.95. The molecule has 1 amide bonds. The van der Waals surface area contributed by atoms with Crippen LogP contribution in [0, 0.1) is 15.9 Å². The van der Waals surface area contributed by atoms with Gasteiger partial charge in [0.25, 0.3) is 11.6 Å². The van der Waals surface area contributed by atoms with Crippen molar-refractivity contribution < 1.29 is 23.6 Å². The largest absolute Gasteiger partial charge is 0.497 e. The number of nitro benzene ring substituents is 1. The first-order valence-corrected chi connectivity index (χ1v) is 8.64. The molecule has 0 atom stereocenters. The van der Waals surface area contributed by atoms with E-state index in [0.717, 1.165) is 6.07 Å². The van der Waals surface area contributed by atoms with E-state index in [9.17, 15) is 19.3 Å². The molecular weight excluding hydrogens is 369 g/mol. The van der Waals surface area contributed by atoms with E-state index < -0.39 is 10.7 Å². The zero-order valence-electron chi connectivity index (χ0n) is 15.6. The van der Waals surface area contributed by atoms with Crippen LogP contribution in [0.3, 0.4) is 0 Å². The third-order valence-electron chi connectivity index (χ3n) is 4.65. The number of hydrogen-bond donors (Lipinski definition) is 0. The summed E-state index contributed by atoms with van der Waals surface area (Å²) in [5.41, 5.74) is 0.453. The van der Waals surface area contributed by atoms with Gasteiger partial charge in [-0.1, -0.05) is 0 Å². The third-order valence-corrected chi connectivity index (χ3v) is 4.65. The van der Waals surface area contributed by atoms with E-state index in [1.54, 1.807) is 28.0 Å². The number of amides is 1. The molecule has 3 rings (SSSR count). The van der Waals surface area contributed by atoms with Crippen molar-refractivity contribution in [2.24, 2.45) is 0 Å². The van der Waals surface area contributed by atoms with E-state index >= 15 is 0 Å². The van der Waals surface area contributed by atoms with Gasteiger partial charge < -0.3 is 19.3 Å². The summed E-state index contributed by atoms with van der Waals surface area (Å²) in [4.78, 5) is 26.4. The first-order chi connectivity index (χ1) is 13.4. The number of hydrogen-bond acceptors (Lipinski definition) is 6. The van der Waals surface area contributed by atoms with Crippen LogP contribution in [0.2, 0.25) is 0 Å². The Kier molecular flexibility index (Phi) is 5.62. The molecule has 1 saturated heterocycles. The molecule has 2 aromatic carbocycles. The number of rotatable bonds is 5. The van der Waals surface area contributed by atoms with Crippen LogP contribution in [0.4, 0.5) is 15.8 Å². The fourth-order valence-electron chi connectivity index (χ4n) is 3.13. The molecular formula is C19H20FN3O5. The molecule has 0 spiro atoms. The smallest absolute Gasteiger partial charge is 0.272 e. The van der Waals surface area contributed by atoms with Crippen molar-refractivity contribution in [2.45, 2.75) is 0 Å². The van der Waals surface area contributed by atoms with Gasteiger partial charge >= 0.3 is 0 Å². The molecule has 0 saturated carbocycles. The van der Waals surface area contributed by atoms with Gasteiger partial charge in [-0.05, 0) is 18.2 Å². The van der Waals surface area contributed by atoms with Gasteiger partial charge in [-0.2, -0.15) is 0 Å². The van der Waals surface area contributed by atoms with Crippen LogP contribution in [0.15, 0.2) is 36.4 Å². The normalized spacial score (nSPS) is 14.0. The molecule has 0 aromatic heterocycles. The minimum Gasteiger partial charge on any atom is -0.497 e. The van der Waals surface area contributed by atoms with Crippen molar-refractivity contribution >= 4 is 17.3 Å². The molecule has 1 heterocycles. The molecule has 8 nitrogen and oxygen atoms in total. The lowest BCUT2D eigenvalue weighted by molar-refractivity contribution is -0.385. The third kappa shape index (κ3) is 3.98. The molecule has 0 aliphatic carbocycles. The maximum absolute atomic E-state index is 14.2. The van der Waals surface area contributed by atoms with E-state index in [0.29, 0.717) is 48.9 Å². The van der Waals surface area contributed by atoms with Crippen molar-refractivity contribution in [1.82, 2.24) is 4.90 Å². The van der Waals surface area contributed by atoms with Gasteiger partial charge in [-0.15, -0.1) is 0 Å². The summed E-state index contributed by atoms with van der Waals surface area (Å²) in [5.74, 6) is 0.233. The predicted molar refractivity (Wildman–Crippen MR) is 101 cm³/mol. The summed E-state index contributed by atoms with van der Waals surface area (Å²) >= 11 is 0. The Labute approximate surface area is 161 Å². The van der Waals surface area contributed by atoms with E-state index in [1.165, 1.54) is 26.4 Å². The monoisotopic (exact) mass is 389 g/mol. The summed E-state index contributed by atoms with van der Waals surface area (Å²) in [5, 5.41) is 10.7. The van der Waals surface area contributed by atoms with Gasteiger partial charge in [-0.3, -0.25) is 14.9 Å². The highest BCUT2D eigenvalue weighted by atomic mass is 19.1. The van der Waals surface area contributed by atoms with Crippen LogP contribution < -0.4 is 14.4 Å². The number of non-ortho nitro benzene ring substituents is 1. The molecule has 1 fully saturated rings. The number of methoxy groups -OCH3 is 2. The van der Waals surface area contributed by atoms with Gasteiger partial charge in [0.2, 0.25) is 0 Å². The molecule has 0 N–H and O–H groups in total. The molecule has 0 radical (unpaired) electrons. The van der Waals surface area contributed by atoms with Gasteiger partial charge in [0.15, 0.2) is 5.82 Å². The number of piperazine rings is 1. The van der Waals surface area contributed by atoms with Crippen molar-refractivity contribution in [3.63, 3.8) is 0 Å². The SMILES string of the molecule is COc1cc(OC)cc(C(=O)N2CCN(c3ccc([N+](=O)[O-])cc3F)CC2)c1. The van der Waals surface area contributed by atoms with Crippen molar-refractivity contribution in [2.75, 3.05) is 45.3 Å². The van der Waals surface area contributed by atoms with Crippen LogP contribution in [-0.4, -0.2) is 56.1 Å². The topological polar surface area (TPSA) is 85.2 Å². The van der Waals surface area contributed by atoms with Crippen molar-refractivity contribution in [1.29, 1.82) is 0 Å². The fourth-order valence-corrected chi connectivity index (χ4v) is 3.13. The van der Waals surface area contributed by atoms with E-state index in [4.69, 9.17) is 9.47 Å². The van der Waals surface area contributed by atoms with E-state index in [1.807, 2.05) is 0 Å². The maximum Gasteiger partial charge on any atom is 0.272 e. The van der Waals surface area contributed by atoms with Crippen molar-refractivity contribution in [3.05, 3.63) is 57.9 Å². The summed E-state index contributed by atoms with van der Waals surface area (Å²) < 4.78 is 24.6. The number of halogens is 1. The van der Waals surface area contributed by atoms with E-state index in [2.05, 4.69) is 0 Å². The van der Waals surface area contributed by atoms with Crippen LogP contribution in [0.25, 0.3) is 0 Å². The lowest BCUT2D eigenvalue weighted by Crippen LogP contribution is -2.49. The highest BCUT2D eigenvalue weighted by Crippen LogP contribution is 2.27. The second-order valence-electron chi connectivity index (χ2n) is 6.27. The number of ether oxygens (including phenoxy) is 2. The minimum absolute atomic E-state index is 0.166. The summed E-state index contributed by atoms with van der Waals surface area (Å²) in [6.07, 6.45) is 0. The number of nitrogens with zero attached hydrogens (tertiary/aromatic N) is 3. The maximum atomic E-state index is 14.2. The second-order valence-corrected chi connectivity index (χ2v) is 6.27. The molecule has 1 aliphatic rings. The average Bonchev–Trinajstić information content (AvgIpc) is 2.72. The zero-order chi connectivity index (χ0) is 20.3. The Bertz CT molecular complexity index is 875. The van der Waals surface area contributed by atoms with Crippen LogP contribution in [0.5, 0.6) is 11.5 Å². The standard InChI is InChI=1S/C19H20FN3O5/c1-27-15-9-13(10-16(12-15)28-2)19(24)22-7-5-21(6-8-22)18-4-3-14(23(25)26)11-17(18)20/h3-4,9-12H,5-8H2,1-2H3. The Hall–Kier alpha value is -3.36. The van der Waals surface area contributed by atoms with Gasteiger partial charge in [0, 0.05) is 43.9 Å². The van der Waals surface area contributed by atoms with E-state index in [-0.39, 0.29) is 11.6 Å². The average molecular weight is 389 g/mol. The Morgan fingerprint density at radius 2 is 1.64 bits per heavy atom. The summed E-state index contributed by atoms with van der Waals surface area (Å²) in [6, 6.07) is 8.57. The Morgan fingerprint density at radius 3 is 2.14 bits per heavy atom. The second kappa shape index (κ2) is 8.12. The number of carbonyl (C=O) groups is 1. The zero-order valence-corrected chi connectivity index (χ0v) is 15.6. The number of carbonyl (C=O) groups excluding carboxylic acids is 1. The molecule has 1 aliphatic heterocycles. The molecule has 28 heavy (non-hydrogen) atoms. The molecule has 0 bridgehead atoms. The lowest BCUT2D eigenvalue weighted by Gasteiger charge is -2.36. The first-order valence-electron chi connectivity index (χ1n) is 8.64. The van der Waals surface area contributed by atoms with Crippen LogP contribution in [0.1, 0.15) is 10.4 Å². The van der Waals surface area contributed by atoms with Crippen LogP contribution in [-0.2, 0) is 0 Å². The van der Waals surface area contributed by atoms with Crippen LogP contribution >= 0.6 is 0 Å². The first kappa shape index (κ1) is 19.4. The van der Waals surface area contributed by atoms with Gasteiger partial charge in [-0.25, -0.2) is 4.39 Å². The Balaban J connectivity index is 1.70. The molecule has 2 aromatic rings. The number of benzene rings is 2. The summed E-state index contributed by atoms with van der Waals surface area (Å²) in [6.45, 7) is 1.63. The van der Waals surface area contributed by atoms with Gasteiger partial charge in [0.1, 0.15) is 11.5 Å².